The molecule has 4 rings (SSSR count). The van der Waals surface area contributed by atoms with E-state index >= 15 is 0 Å². The van der Waals surface area contributed by atoms with Gasteiger partial charge in [0, 0.05) is 17.9 Å². The van der Waals surface area contributed by atoms with E-state index in [1.165, 1.54) is 11.1 Å². The minimum absolute atomic E-state index is 0.0391. The lowest BCUT2D eigenvalue weighted by atomic mass is 9.98. The molecule has 3 aromatic rings. The van der Waals surface area contributed by atoms with Crippen LogP contribution in [0.5, 0.6) is 5.75 Å². The maximum atomic E-state index is 12.4. The van der Waals surface area contributed by atoms with Crippen molar-refractivity contribution in [2.45, 2.75) is 26.7 Å². The van der Waals surface area contributed by atoms with Crippen molar-refractivity contribution >= 4 is 16.8 Å². The first-order valence-electron chi connectivity index (χ1n) is 8.04. The summed E-state index contributed by atoms with van der Waals surface area (Å²) in [6.07, 6.45) is 1.89. The zero-order valence-electron chi connectivity index (χ0n) is 13.4. The summed E-state index contributed by atoms with van der Waals surface area (Å²) in [6.45, 7) is 4.45. The molecule has 0 aliphatic carbocycles. The van der Waals surface area contributed by atoms with Crippen molar-refractivity contribution in [3.05, 3.63) is 53.6 Å². The zero-order valence-corrected chi connectivity index (χ0v) is 13.4. The third-order valence-electron chi connectivity index (χ3n) is 4.60. The first-order chi connectivity index (χ1) is 11.2. The lowest BCUT2D eigenvalue weighted by Gasteiger charge is -2.12. The Morgan fingerprint density at radius 2 is 1.96 bits per heavy atom. The highest BCUT2D eigenvalue weighted by molar-refractivity contribution is 6.03. The first-order valence-corrected chi connectivity index (χ1v) is 8.04. The molecular formula is C20H19NO2. The topological polar surface area (TPSA) is 31.2 Å². The molecule has 23 heavy (non-hydrogen) atoms. The minimum Gasteiger partial charge on any atom is -0.493 e. The lowest BCUT2D eigenvalue weighted by molar-refractivity contribution is 0.0943. The number of hydrogen-bond acceptors (Lipinski definition) is 2. The van der Waals surface area contributed by atoms with Crippen LogP contribution in [0.1, 0.15) is 29.3 Å². The van der Waals surface area contributed by atoms with Crippen molar-refractivity contribution in [2.75, 3.05) is 6.61 Å². The predicted octanol–water partition coefficient (Wildman–Crippen LogP) is 4.60. The summed E-state index contributed by atoms with van der Waals surface area (Å²) in [5, 5.41) is 1.10. The second-order valence-electron chi connectivity index (χ2n) is 6.10. The fourth-order valence-electron chi connectivity index (χ4n) is 3.63. The average Bonchev–Trinajstić information content (AvgIpc) is 2.71. The summed E-state index contributed by atoms with van der Waals surface area (Å²) < 4.78 is 7.76. The SMILES string of the molecule is CC(=O)n1c(-c2ccccc2C)c2c3c(cccc31)OCCC2. The Labute approximate surface area is 135 Å². The predicted molar refractivity (Wildman–Crippen MR) is 92.2 cm³/mol. The Balaban J connectivity index is 2.18. The van der Waals surface area contributed by atoms with E-state index in [-0.39, 0.29) is 5.91 Å². The molecule has 0 atom stereocenters. The maximum Gasteiger partial charge on any atom is 0.228 e. The Morgan fingerprint density at radius 1 is 1.13 bits per heavy atom. The monoisotopic (exact) mass is 305 g/mol. The Morgan fingerprint density at radius 3 is 2.74 bits per heavy atom. The van der Waals surface area contributed by atoms with Gasteiger partial charge in [-0.15, -0.1) is 0 Å². The quantitative estimate of drug-likeness (QED) is 0.658. The number of rotatable bonds is 1. The molecule has 1 aromatic heterocycles. The fourth-order valence-corrected chi connectivity index (χ4v) is 3.63. The van der Waals surface area contributed by atoms with Gasteiger partial charge in [0.25, 0.3) is 0 Å². The standard InChI is InChI=1S/C20H19NO2/c1-13-7-3-4-8-15(13)20-16-9-6-12-23-18-11-5-10-17(19(16)18)21(20)14(2)22/h3-5,7-8,10-11H,6,9,12H2,1-2H3. The number of benzene rings is 2. The van der Waals surface area contributed by atoms with E-state index < -0.39 is 0 Å². The van der Waals surface area contributed by atoms with Crippen LogP contribution < -0.4 is 4.74 Å². The molecule has 2 heterocycles. The Hall–Kier alpha value is -2.55. The van der Waals surface area contributed by atoms with Crippen molar-refractivity contribution in [2.24, 2.45) is 0 Å². The van der Waals surface area contributed by atoms with Gasteiger partial charge in [0.15, 0.2) is 0 Å². The van der Waals surface area contributed by atoms with E-state index in [1.807, 2.05) is 34.9 Å². The van der Waals surface area contributed by atoms with Gasteiger partial charge in [-0.05, 0) is 43.0 Å². The summed E-state index contributed by atoms with van der Waals surface area (Å²) in [4.78, 5) is 12.4. The maximum absolute atomic E-state index is 12.4. The average molecular weight is 305 g/mol. The van der Waals surface area contributed by atoms with E-state index in [0.29, 0.717) is 0 Å². The van der Waals surface area contributed by atoms with Gasteiger partial charge in [0.1, 0.15) is 5.75 Å². The first kappa shape index (κ1) is 14.1. The fraction of sp³-hybridized carbons (Fsp3) is 0.250. The molecule has 0 saturated carbocycles. The van der Waals surface area contributed by atoms with Crippen molar-refractivity contribution in [1.82, 2.24) is 4.57 Å². The van der Waals surface area contributed by atoms with E-state index in [2.05, 4.69) is 19.1 Å². The molecule has 3 heteroatoms. The van der Waals surface area contributed by atoms with Crippen molar-refractivity contribution in [3.63, 3.8) is 0 Å². The molecule has 0 bridgehead atoms. The summed E-state index contributed by atoms with van der Waals surface area (Å²) in [5.74, 6) is 0.932. The van der Waals surface area contributed by atoms with Crippen LogP contribution in [0.15, 0.2) is 42.5 Å². The molecule has 0 amide bonds. The third-order valence-corrected chi connectivity index (χ3v) is 4.60. The number of aryl methyl sites for hydroxylation is 2. The summed E-state index contributed by atoms with van der Waals surface area (Å²) in [6, 6.07) is 14.2. The highest BCUT2D eigenvalue weighted by Crippen LogP contribution is 2.41. The third kappa shape index (κ3) is 2.07. The molecule has 0 N–H and O–H groups in total. The molecule has 2 aromatic carbocycles. The second-order valence-corrected chi connectivity index (χ2v) is 6.10. The number of carbonyl (C=O) groups is 1. The van der Waals surface area contributed by atoms with E-state index in [4.69, 9.17) is 4.74 Å². The largest absolute Gasteiger partial charge is 0.493 e. The van der Waals surface area contributed by atoms with E-state index in [0.717, 1.165) is 47.4 Å². The van der Waals surface area contributed by atoms with Crippen molar-refractivity contribution in [3.8, 4) is 17.0 Å². The van der Waals surface area contributed by atoms with Crippen LogP contribution in [0.4, 0.5) is 0 Å². The summed E-state index contributed by atoms with van der Waals surface area (Å²) in [5.41, 5.74) is 5.52. The van der Waals surface area contributed by atoms with Crippen LogP contribution in [-0.4, -0.2) is 17.1 Å². The van der Waals surface area contributed by atoms with Gasteiger partial charge in [-0.3, -0.25) is 9.36 Å². The minimum atomic E-state index is 0.0391. The van der Waals surface area contributed by atoms with Gasteiger partial charge in [0.05, 0.1) is 17.8 Å². The molecule has 0 radical (unpaired) electrons. The van der Waals surface area contributed by atoms with Gasteiger partial charge in [-0.2, -0.15) is 0 Å². The number of ether oxygens (including phenoxy) is 1. The lowest BCUT2D eigenvalue weighted by Crippen LogP contribution is -2.09. The highest BCUT2D eigenvalue weighted by Gasteiger charge is 2.25. The summed E-state index contributed by atoms with van der Waals surface area (Å²) >= 11 is 0. The van der Waals surface area contributed by atoms with Gasteiger partial charge >= 0.3 is 0 Å². The molecule has 1 aliphatic rings. The Kier molecular flexibility index (Phi) is 3.22. The Bertz CT molecular complexity index is 921. The summed E-state index contributed by atoms with van der Waals surface area (Å²) in [7, 11) is 0. The smallest absolute Gasteiger partial charge is 0.228 e. The highest BCUT2D eigenvalue weighted by atomic mass is 16.5. The van der Waals surface area contributed by atoms with Gasteiger partial charge < -0.3 is 4.74 Å². The van der Waals surface area contributed by atoms with Crippen LogP contribution in [0.25, 0.3) is 22.2 Å². The van der Waals surface area contributed by atoms with Crippen LogP contribution in [0.3, 0.4) is 0 Å². The van der Waals surface area contributed by atoms with Crippen LogP contribution >= 0.6 is 0 Å². The molecule has 0 fully saturated rings. The van der Waals surface area contributed by atoms with E-state index in [9.17, 15) is 4.79 Å². The van der Waals surface area contributed by atoms with Crippen LogP contribution in [0.2, 0.25) is 0 Å². The molecular weight excluding hydrogens is 286 g/mol. The molecule has 116 valence electrons. The molecule has 3 nitrogen and oxygen atoms in total. The van der Waals surface area contributed by atoms with Crippen LogP contribution in [0, 0.1) is 6.92 Å². The molecule has 0 saturated heterocycles. The number of hydrogen-bond donors (Lipinski definition) is 0. The normalized spacial score (nSPS) is 13.7. The van der Waals surface area contributed by atoms with Crippen LogP contribution in [-0.2, 0) is 6.42 Å². The molecule has 1 aliphatic heterocycles. The molecule has 0 spiro atoms. The van der Waals surface area contributed by atoms with Crippen molar-refractivity contribution in [1.29, 1.82) is 0 Å². The number of carbonyl (C=O) groups excluding carboxylic acids is 1. The molecule has 0 unspecified atom stereocenters. The van der Waals surface area contributed by atoms with Gasteiger partial charge in [-0.25, -0.2) is 0 Å². The zero-order chi connectivity index (χ0) is 16.0. The van der Waals surface area contributed by atoms with E-state index in [1.54, 1.807) is 6.92 Å². The second kappa shape index (κ2) is 5.27. The number of nitrogens with zero attached hydrogens (tertiary/aromatic N) is 1. The van der Waals surface area contributed by atoms with Gasteiger partial charge in [-0.1, -0.05) is 30.3 Å². The number of aromatic nitrogens is 1. The van der Waals surface area contributed by atoms with Gasteiger partial charge in [0.2, 0.25) is 5.91 Å². The van der Waals surface area contributed by atoms with Crippen molar-refractivity contribution < 1.29 is 9.53 Å².